The molecule has 1 heterocycles. The fraction of sp³-hybridized carbons (Fsp3) is 0.133. The van der Waals surface area contributed by atoms with Crippen molar-refractivity contribution < 1.29 is 24.0 Å². The molecule has 0 atom stereocenters. The van der Waals surface area contributed by atoms with Crippen molar-refractivity contribution >= 4 is 45.4 Å². The Balaban J connectivity index is 1.30. The number of fused-ring (bicyclic) bond motifs is 1. The normalized spacial score (nSPS) is 14.3. The molecule has 8 nitrogen and oxygen atoms in total. The van der Waals surface area contributed by atoms with Gasteiger partial charge in [-0.3, -0.25) is 24.6 Å². The quantitative estimate of drug-likeness (QED) is 0.128. The Morgan fingerprint density at radius 3 is 2.36 bits per heavy atom. The minimum atomic E-state index is -0.497. The van der Waals surface area contributed by atoms with Crippen LogP contribution < -0.4 is 9.47 Å². The van der Waals surface area contributed by atoms with E-state index in [2.05, 4.69) is 24.3 Å². The summed E-state index contributed by atoms with van der Waals surface area (Å²) in [6, 6.07) is 25.5. The average Bonchev–Trinajstić information content (AvgIpc) is 3.20. The predicted octanol–water partition coefficient (Wildman–Crippen LogP) is 6.96. The number of rotatable bonds is 9. The number of imide groups is 1. The van der Waals surface area contributed by atoms with Crippen molar-refractivity contribution in [3.63, 3.8) is 0 Å². The number of nitrogens with zero attached hydrogens (tertiary/aromatic N) is 2. The van der Waals surface area contributed by atoms with Crippen LogP contribution >= 0.6 is 11.8 Å². The van der Waals surface area contributed by atoms with Crippen LogP contribution in [0.3, 0.4) is 0 Å². The summed E-state index contributed by atoms with van der Waals surface area (Å²) >= 11 is 0.854. The lowest BCUT2D eigenvalue weighted by atomic mass is 10.1. The summed E-state index contributed by atoms with van der Waals surface area (Å²) in [5, 5.41) is 12.8. The van der Waals surface area contributed by atoms with Gasteiger partial charge < -0.3 is 9.47 Å². The fourth-order valence-electron chi connectivity index (χ4n) is 4.18. The summed E-state index contributed by atoms with van der Waals surface area (Å²) < 4.78 is 11.9. The molecule has 0 bridgehead atoms. The largest absolute Gasteiger partial charge is 0.490 e. The summed E-state index contributed by atoms with van der Waals surface area (Å²) in [7, 11) is 0. The minimum Gasteiger partial charge on any atom is -0.490 e. The lowest BCUT2D eigenvalue weighted by molar-refractivity contribution is -0.384. The van der Waals surface area contributed by atoms with Crippen LogP contribution in [0.15, 0.2) is 89.8 Å². The molecule has 196 valence electrons. The second kappa shape index (κ2) is 11.4. The maximum Gasteiger partial charge on any atom is 0.293 e. The summed E-state index contributed by atoms with van der Waals surface area (Å²) in [5.74, 6) is 0.698. The van der Waals surface area contributed by atoms with E-state index in [4.69, 9.17) is 9.47 Å². The molecule has 1 aliphatic heterocycles. The Morgan fingerprint density at radius 2 is 1.62 bits per heavy atom. The average molecular weight is 541 g/mol. The molecule has 2 amide bonds. The van der Waals surface area contributed by atoms with Crippen LogP contribution in [0, 0.1) is 10.1 Å². The van der Waals surface area contributed by atoms with Gasteiger partial charge in [0.1, 0.15) is 6.61 Å². The Morgan fingerprint density at radius 1 is 0.872 bits per heavy atom. The van der Waals surface area contributed by atoms with Crippen molar-refractivity contribution in [1.29, 1.82) is 0 Å². The number of hydrogen-bond acceptors (Lipinski definition) is 7. The Bertz CT molecular complexity index is 1600. The molecule has 4 aromatic carbocycles. The van der Waals surface area contributed by atoms with Gasteiger partial charge in [-0.1, -0.05) is 54.6 Å². The first kappa shape index (κ1) is 26.0. The standard InChI is InChI=1S/C30H24N2O6S/c1-2-37-27-16-21(10-14-26(27)38-19-22-7-11-23-5-3-4-6-24(23)15-22)17-28-29(33)31(30(34)39-28)18-20-8-12-25(13-9-20)32(35)36/h3-17H,2,18-19H2,1H3. The second-order valence-electron chi connectivity index (χ2n) is 8.80. The zero-order valence-electron chi connectivity index (χ0n) is 21.0. The maximum absolute atomic E-state index is 13.0. The number of thioether (sulfide) groups is 1. The van der Waals surface area contributed by atoms with Gasteiger partial charge in [-0.15, -0.1) is 0 Å². The Kier molecular flexibility index (Phi) is 7.60. The van der Waals surface area contributed by atoms with Gasteiger partial charge in [0, 0.05) is 12.1 Å². The van der Waals surface area contributed by atoms with Gasteiger partial charge in [-0.2, -0.15) is 0 Å². The number of non-ortho nitro benzene ring substituents is 1. The molecule has 1 saturated heterocycles. The molecule has 0 radical (unpaired) electrons. The van der Waals surface area contributed by atoms with E-state index < -0.39 is 16.1 Å². The van der Waals surface area contributed by atoms with Gasteiger partial charge in [0.15, 0.2) is 11.5 Å². The number of amides is 2. The lowest BCUT2D eigenvalue weighted by Gasteiger charge is -2.13. The monoisotopic (exact) mass is 540 g/mol. The van der Waals surface area contributed by atoms with Gasteiger partial charge in [-0.25, -0.2) is 0 Å². The molecule has 1 fully saturated rings. The number of benzene rings is 4. The second-order valence-corrected chi connectivity index (χ2v) is 9.79. The third-order valence-electron chi connectivity index (χ3n) is 6.14. The van der Waals surface area contributed by atoms with E-state index in [0.29, 0.717) is 35.8 Å². The van der Waals surface area contributed by atoms with Crippen molar-refractivity contribution in [3.05, 3.63) is 117 Å². The molecule has 5 rings (SSSR count). The molecule has 0 aliphatic carbocycles. The topological polar surface area (TPSA) is 99.0 Å². The highest BCUT2D eigenvalue weighted by Gasteiger charge is 2.35. The zero-order valence-corrected chi connectivity index (χ0v) is 21.9. The summed E-state index contributed by atoms with van der Waals surface area (Å²) in [4.78, 5) is 37.3. The molecule has 0 aromatic heterocycles. The number of nitro benzene ring substituents is 1. The van der Waals surface area contributed by atoms with E-state index in [1.807, 2.05) is 31.2 Å². The molecular formula is C30H24N2O6S. The van der Waals surface area contributed by atoms with Crippen molar-refractivity contribution in [2.75, 3.05) is 6.61 Å². The van der Waals surface area contributed by atoms with Gasteiger partial charge in [-0.05, 0) is 70.4 Å². The van der Waals surface area contributed by atoms with Crippen molar-refractivity contribution in [2.45, 2.75) is 20.1 Å². The number of carbonyl (C=O) groups is 2. The molecule has 0 unspecified atom stereocenters. The third kappa shape index (κ3) is 5.94. The van der Waals surface area contributed by atoms with E-state index in [1.54, 1.807) is 18.2 Å². The van der Waals surface area contributed by atoms with Crippen LogP contribution in [0.2, 0.25) is 0 Å². The Hall–Kier alpha value is -4.63. The van der Waals surface area contributed by atoms with Gasteiger partial charge >= 0.3 is 0 Å². The van der Waals surface area contributed by atoms with Gasteiger partial charge in [0.05, 0.1) is 23.0 Å². The first-order chi connectivity index (χ1) is 18.9. The van der Waals surface area contributed by atoms with Crippen LogP contribution in [-0.2, 0) is 17.9 Å². The number of nitro groups is 1. The van der Waals surface area contributed by atoms with Gasteiger partial charge in [0.25, 0.3) is 16.8 Å². The van der Waals surface area contributed by atoms with Crippen LogP contribution in [-0.4, -0.2) is 27.6 Å². The van der Waals surface area contributed by atoms with Crippen LogP contribution in [0.1, 0.15) is 23.6 Å². The summed E-state index contributed by atoms with van der Waals surface area (Å²) in [6.45, 7) is 2.71. The van der Waals surface area contributed by atoms with Crippen LogP contribution in [0.25, 0.3) is 16.8 Å². The highest BCUT2D eigenvalue weighted by atomic mass is 32.2. The molecule has 39 heavy (non-hydrogen) atoms. The third-order valence-corrected chi connectivity index (χ3v) is 7.04. The summed E-state index contributed by atoms with van der Waals surface area (Å²) in [6.07, 6.45) is 1.65. The number of ether oxygens (including phenoxy) is 2. The van der Waals surface area contributed by atoms with Crippen LogP contribution in [0.4, 0.5) is 10.5 Å². The molecule has 0 saturated carbocycles. The van der Waals surface area contributed by atoms with Crippen molar-refractivity contribution in [3.8, 4) is 11.5 Å². The lowest BCUT2D eigenvalue weighted by Crippen LogP contribution is -2.27. The van der Waals surface area contributed by atoms with E-state index in [-0.39, 0.29) is 17.1 Å². The smallest absolute Gasteiger partial charge is 0.293 e. The number of hydrogen-bond donors (Lipinski definition) is 0. The molecule has 4 aromatic rings. The van der Waals surface area contributed by atoms with Crippen molar-refractivity contribution in [2.24, 2.45) is 0 Å². The predicted molar refractivity (Wildman–Crippen MR) is 151 cm³/mol. The van der Waals surface area contributed by atoms with E-state index >= 15 is 0 Å². The maximum atomic E-state index is 13.0. The van der Waals surface area contributed by atoms with E-state index in [9.17, 15) is 19.7 Å². The molecular weight excluding hydrogens is 516 g/mol. The van der Waals surface area contributed by atoms with E-state index in [1.165, 1.54) is 24.3 Å². The molecule has 9 heteroatoms. The molecule has 1 aliphatic rings. The molecule has 0 spiro atoms. The fourth-order valence-corrected chi connectivity index (χ4v) is 5.02. The van der Waals surface area contributed by atoms with E-state index in [0.717, 1.165) is 33.0 Å². The SMILES string of the molecule is CCOc1cc(C=C2SC(=O)N(Cc3ccc([N+](=O)[O-])cc3)C2=O)ccc1OCc1ccc2ccccc2c1. The Labute approximate surface area is 229 Å². The summed E-state index contributed by atoms with van der Waals surface area (Å²) in [5.41, 5.74) is 2.29. The molecule has 0 N–H and O–H groups in total. The highest BCUT2D eigenvalue weighted by Crippen LogP contribution is 2.36. The first-order valence-corrected chi connectivity index (χ1v) is 13.1. The number of carbonyl (C=O) groups excluding carboxylic acids is 2. The zero-order chi connectivity index (χ0) is 27.4. The van der Waals surface area contributed by atoms with Crippen molar-refractivity contribution in [1.82, 2.24) is 4.90 Å². The van der Waals surface area contributed by atoms with Gasteiger partial charge in [0.2, 0.25) is 0 Å². The first-order valence-electron chi connectivity index (χ1n) is 12.3. The highest BCUT2D eigenvalue weighted by molar-refractivity contribution is 8.18. The minimum absolute atomic E-state index is 0.0335. The van der Waals surface area contributed by atoms with Crippen LogP contribution in [0.5, 0.6) is 11.5 Å².